The normalized spacial score (nSPS) is 23.7. The molecular weight excluding hydrogens is 271 g/mol. The summed E-state index contributed by atoms with van der Waals surface area (Å²) in [6.07, 6.45) is 4.07. The summed E-state index contributed by atoms with van der Waals surface area (Å²) in [7, 11) is 0. The smallest absolute Gasteiger partial charge is 0.254 e. The first-order chi connectivity index (χ1) is 8.59. The molecule has 1 aliphatic rings. The Bertz CT molecular complexity index is 430. The lowest BCUT2D eigenvalue weighted by Gasteiger charge is -2.29. The number of nitrogens with one attached hydrogen (secondary N) is 1. The number of amides is 1. The van der Waals surface area contributed by atoms with Gasteiger partial charge in [0.05, 0.1) is 15.6 Å². The van der Waals surface area contributed by atoms with E-state index in [1.54, 1.807) is 18.2 Å². The predicted molar refractivity (Wildman–Crippen MR) is 74.2 cm³/mol. The van der Waals surface area contributed by atoms with Crippen molar-refractivity contribution in [2.45, 2.75) is 37.8 Å². The standard InChI is InChI=1S/C13H16Cl2N2O/c14-8-4-3-5-9(15)12(8)13(18)17-11-7-2-1-6-10(11)16/h3-5,10-11H,1-2,6-7,16H2,(H,17,18). The molecule has 3 nitrogen and oxygen atoms in total. The van der Waals surface area contributed by atoms with Crippen molar-refractivity contribution in [2.75, 3.05) is 0 Å². The fourth-order valence-corrected chi connectivity index (χ4v) is 2.86. The van der Waals surface area contributed by atoms with E-state index in [9.17, 15) is 4.79 Å². The number of rotatable bonds is 2. The molecule has 1 amide bonds. The molecular formula is C13H16Cl2N2O. The Labute approximate surface area is 117 Å². The zero-order valence-corrected chi connectivity index (χ0v) is 11.5. The topological polar surface area (TPSA) is 55.1 Å². The van der Waals surface area contributed by atoms with Crippen molar-refractivity contribution in [1.82, 2.24) is 5.32 Å². The minimum Gasteiger partial charge on any atom is -0.348 e. The Morgan fingerprint density at radius 1 is 1.22 bits per heavy atom. The molecule has 2 rings (SSSR count). The van der Waals surface area contributed by atoms with E-state index in [2.05, 4.69) is 5.32 Å². The Morgan fingerprint density at radius 3 is 2.44 bits per heavy atom. The maximum Gasteiger partial charge on any atom is 0.254 e. The summed E-state index contributed by atoms with van der Waals surface area (Å²) in [5.41, 5.74) is 6.33. The highest BCUT2D eigenvalue weighted by molar-refractivity contribution is 6.39. The third-order valence-electron chi connectivity index (χ3n) is 3.33. The number of nitrogens with two attached hydrogens (primary N) is 1. The van der Waals surface area contributed by atoms with Crippen molar-refractivity contribution in [3.63, 3.8) is 0 Å². The Hall–Kier alpha value is -0.770. The molecule has 0 aromatic heterocycles. The SMILES string of the molecule is NC1CCCCC1NC(=O)c1c(Cl)cccc1Cl. The number of carbonyl (C=O) groups is 1. The van der Waals surface area contributed by atoms with Gasteiger partial charge in [-0.15, -0.1) is 0 Å². The van der Waals surface area contributed by atoms with Crippen LogP contribution in [0.25, 0.3) is 0 Å². The zero-order valence-electron chi connectivity index (χ0n) is 9.96. The number of hydrogen-bond acceptors (Lipinski definition) is 2. The van der Waals surface area contributed by atoms with Crippen LogP contribution in [0, 0.1) is 0 Å². The molecule has 0 radical (unpaired) electrons. The highest BCUT2D eigenvalue weighted by atomic mass is 35.5. The van der Waals surface area contributed by atoms with E-state index in [0.29, 0.717) is 15.6 Å². The van der Waals surface area contributed by atoms with Gasteiger partial charge in [0, 0.05) is 12.1 Å². The number of benzene rings is 1. The highest BCUT2D eigenvalue weighted by Gasteiger charge is 2.25. The minimum atomic E-state index is -0.243. The molecule has 1 fully saturated rings. The van der Waals surface area contributed by atoms with Gasteiger partial charge in [0.2, 0.25) is 0 Å². The van der Waals surface area contributed by atoms with Gasteiger partial charge in [-0.05, 0) is 25.0 Å². The second kappa shape index (κ2) is 5.91. The highest BCUT2D eigenvalue weighted by Crippen LogP contribution is 2.25. The molecule has 0 saturated heterocycles. The quantitative estimate of drug-likeness (QED) is 0.878. The Kier molecular flexibility index (Phi) is 4.49. The largest absolute Gasteiger partial charge is 0.348 e. The Morgan fingerprint density at radius 2 is 1.83 bits per heavy atom. The van der Waals surface area contributed by atoms with Crippen molar-refractivity contribution in [3.05, 3.63) is 33.8 Å². The van der Waals surface area contributed by atoms with Crippen LogP contribution in [-0.2, 0) is 0 Å². The molecule has 0 aliphatic heterocycles. The monoisotopic (exact) mass is 286 g/mol. The van der Waals surface area contributed by atoms with Gasteiger partial charge in [-0.25, -0.2) is 0 Å². The van der Waals surface area contributed by atoms with Gasteiger partial charge in [-0.1, -0.05) is 42.1 Å². The van der Waals surface area contributed by atoms with Crippen molar-refractivity contribution in [2.24, 2.45) is 5.73 Å². The molecule has 0 spiro atoms. The lowest BCUT2D eigenvalue weighted by molar-refractivity contribution is 0.0921. The Balaban J connectivity index is 2.12. The van der Waals surface area contributed by atoms with E-state index in [0.717, 1.165) is 25.7 Å². The van der Waals surface area contributed by atoms with Crippen LogP contribution >= 0.6 is 23.2 Å². The third-order valence-corrected chi connectivity index (χ3v) is 3.96. The van der Waals surface area contributed by atoms with Gasteiger partial charge < -0.3 is 11.1 Å². The molecule has 2 atom stereocenters. The molecule has 3 N–H and O–H groups in total. The molecule has 1 aromatic rings. The van der Waals surface area contributed by atoms with Crippen molar-refractivity contribution < 1.29 is 4.79 Å². The molecule has 2 unspecified atom stereocenters. The van der Waals surface area contributed by atoms with E-state index in [-0.39, 0.29) is 18.0 Å². The molecule has 5 heteroatoms. The van der Waals surface area contributed by atoms with Gasteiger partial charge in [-0.3, -0.25) is 4.79 Å². The molecule has 18 heavy (non-hydrogen) atoms. The van der Waals surface area contributed by atoms with Gasteiger partial charge in [0.25, 0.3) is 5.91 Å². The molecule has 1 saturated carbocycles. The first-order valence-corrected chi connectivity index (χ1v) is 6.85. The first kappa shape index (κ1) is 13.7. The van der Waals surface area contributed by atoms with Crippen molar-refractivity contribution >= 4 is 29.1 Å². The van der Waals surface area contributed by atoms with Crippen LogP contribution in [0.3, 0.4) is 0 Å². The zero-order chi connectivity index (χ0) is 13.1. The first-order valence-electron chi connectivity index (χ1n) is 6.10. The minimum absolute atomic E-state index is 0.0126. The number of carbonyl (C=O) groups excluding carboxylic acids is 1. The molecule has 1 aromatic carbocycles. The van der Waals surface area contributed by atoms with Crippen LogP contribution < -0.4 is 11.1 Å². The van der Waals surface area contributed by atoms with Crippen molar-refractivity contribution in [1.29, 1.82) is 0 Å². The predicted octanol–water partition coefficient (Wildman–Crippen LogP) is 2.99. The van der Waals surface area contributed by atoms with Gasteiger partial charge in [0.1, 0.15) is 0 Å². The summed E-state index contributed by atoms with van der Waals surface area (Å²) in [5, 5.41) is 3.66. The molecule has 0 heterocycles. The number of hydrogen-bond donors (Lipinski definition) is 2. The lowest BCUT2D eigenvalue weighted by Crippen LogP contribution is -2.49. The van der Waals surface area contributed by atoms with Gasteiger partial charge >= 0.3 is 0 Å². The summed E-state index contributed by atoms with van der Waals surface area (Å²) >= 11 is 12.0. The second-order valence-electron chi connectivity index (χ2n) is 4.62. The summed E-state index contributed by atoms with van der Waals surface area (Å²) in [4.78, 5) is 12.2. The van der Waals surface area contributed by atoms with Crippen LogP contribution in [0.15, 0.2) is 18.2 Å². The summed E-state index contributed by atoms with van der Waals surface area (Å²) in [5.74, 6) is -0.243. The average molecular weight is 287 g/mol. The number of halogens is 2. The van der Waals surface area contributed by atoms with E-state index in [1.807, 2.05) is 0 Å². The summed E-state index contributed by atoms with van der Waals surface area (Å²) in [6.45, 7) is 0. The van der Waals surface area contributed by atoms with Crippen LogP contribution in [0.5, 0.6) is 0 Å². The third kappa shape index (κ3) is 2.97. The van der Waals surface area contributed by atoms with E-state index in [4.69, 9.17) is 28.9 Å². The van der Waals surface area contributed by atoms with E-state index in [1.165, 1.54) is 0 Å². The summed E-state index contributed by atoms with van der Waals surface area (Å²) in [6, 6.07) is 5.06. The summed E-state index contributed by atoms with van der Waals surface area (Å²) < 4.78 is 0. The average Bonchev–Trinajstić information content (AvgIpc) is 2.32. The molecule has 1 aliphatic carbocycles. The lowest BCUT2D eigenvalue weighted by atomic mass is 9.91. The molecule has 0 bridgehead atoms. The van der Waals surface area contributed by atoms with E-state index >= 15 is 0 Å². The maximum absolute atomic E-state index is 12.2. The van der Waals surface area contributed by atoms with Gasteiger partial charge in [0.15, 0.2) is 0 Å². The van der Waals surface area contributed by atoms with Crippen LogP contribution in [-0.4, -0.2) is 18.0 Å². The second-order valence-corrected chi connectivity index (χ2v) is 5.44. The van der Waals surface area contributed by atoms with Crippen molar-refractivity contribution in [3.8, 4) is 0 Å². The van der Waals surface area contributed by atoms with Crippen LogP contribution in [0.2, 0.25) is 10.0 Å². The van der Waals surface area contributed by atoms with Gasteiger partial charge in [-0.2, -0.15) is 0 Å². The fraction of sp³-hybridized carbons (Fsp3) is 0.462. The fourth-order valence-electron chi connectivity index (χ4n) is 2.29. The van der Waals surface area contributed by atoms with Crippen LogP contribution in [0.1, 0.15) is 36.0 Å². The maximum atomic E-state index is 12.2. The molecule has 98 valence electrons. The van der Waals surface area contributed by atoms with Crippen LogP contribution in [0.4, 0.5) is 0 Å². The van der Waals surface area contributed by atoms with E-state index < -0.39 is 0 Å².